The number of hydrogen-bond donors (Lipinski definition) is 1. The van der Waals surface area contributed by atoms with Gasteiger partial charge in [-0.1, -0.05) is 31.5 Å². The zero-order valence-corrected chi connectivity index (χ0v) is 18.1. The zero-order valence-electron chi connectivity index (χ0n) is 18.1. The molecule has 0 aliphatic carbocycles. The van der Waals surface area contributed by atoms with Crippen molar-refractivity contribution >= 4 is 16.8 Å². The highest BCUT2D eigenvalue weighted by Gasteiger charge is 2.18. The van der Waals surface area contributed by atoms with Crippen LogP contribution in [-0.4, -0.2) is 38.3 Å². The Balaban J connectivity index is 2.15. The van der Waals surface area contributed by atoms with Gasteiger partial charge in [0, 0.05) is 17.0 Å². The lowest BCUT2D eigenvalue weighted by Crippen LogP contribution is -2.32. The van der Waals surface area contributed by atoms with Crippen molar-refractivity contribution in [1.29, 1.82) is 0 Å². The molecule has 0 bridgehead atoms. The number of ether oxygens (including phenoxy) is 3. The Morgan fingerprint density at radius 1 is 1.03 bits per heavy atom. The number of nitrogens with zero attached hydrogens (tertiary/aromatic N) is 1. The number of pyridine rings is 1. The van der Waals surface area contributed by atoms with E-state index in [-0.39, 0.29) is 11.9 Å². The van der Waals surface area contributed by atoms with Crippen LogP contribution >= 0.6 is 0 Å². The van der Waals surface area contributed by atoms with Gasteiger partial charge in [-0.2, -0.15) is 0 Å². The summed E-state index contributed by atoms with van der Waals surface area (Å²) in [6.45, 7) is 4.12. The van der Waals surface area contributed by atoms with Gasteiger partial charge in [0.25, 0.3) is 5.91 Å². The van der Waals surface area contributed by atoms with E-state index in [1.54, 1.807) is 21.3 Å². The van der Waals surface area contributed by atoms with Crippen LogP contribution in [0.25, 0.3) is 22.2 Å². The molecule has 1 aromatic heterocycles. The summed E-state index contributed by atoms with van der Waals surface area (Å²) < 4.78 is 16.4. The lowest BCUT2D eigenvalue weighted by atomic mass is 10.0. The van der Waals surface area contributed by atoms with Crippen LogP contribution in [0, 0.1) is 0 Å². The largest absolute Gasteiger partial charge is 0.493 e. The molecule has 0 aliphatic heterocycles. The third-order valence-electron chi connectivity index (χ3n) is 5.02. The van der Waals surface area contributed by atoms with Crippen molar-refractivity contribution in [3.8, 4) is 28.5 Å². The van der Waals surface area contributed by atoms with E-state index in [9.17, 15) is 4.79 Å². The van der Waals surface area contributed by atoms with E-state index >= 15 is 0 Å². The van der Waals surface area contributed by atoms with Crippen LogP contribution in [0.5, 0.6) is 17.2 Å². The first kappa shape index (κ1) is 21.4. The summed E-state index contributed by atoms with van der Waals surface area (Å²) in [6, 6.07) is 13.2. The highest BCUT2D eigenvalue weighted by Crippen LogP contribution is 2.41. The molecule has 0 radical (unpaired) electrons. The molecule has 6 heteroatoms. The second-order valence-electron chi connectivity index (χ2n) is 7.15. The predicted octanol–water partition coefficient (Wildman–Crippen LogP) is 4.85. The first-order valence-corrected chi connectivity index (χ1v) is 10.0. The Kier molecular flexibility index (Phi) is 6.77. The van der Waals surface area contributed by atoms with E-state index in [0.717, 1.165) is 29.3 Å². The molecule has 6 nitrogen and oxygen atoms in total. The lowest BCUT2D eigenvalue weighted by Gasteiger charge is -2.16. The summed E-state index contributed by atoms with van der Waals surface area (Å²) in [6.07, 6.45) is 1.93. The molecule has 0 fully saturated rings. The van der Waals surface area contributed by atoms with Crippen LogP contribution in [0.15, 0.2) is 42.5 Å². The second-order valence-corrected chi connectivity index (χ2v) is 7.15. The normalized spacial score (nSPS) is 11.8. The summed E-state index contributed by atoms with van der Waals surface area (Å²) >= 11 is 0. The van der Waals surface area contributed by atoms with Gasteiger partial charge in [-0.05, 0) is 37.6 Å². The van der Waals surface area contributed by atoms with E-state index in [1.165, 1.54) is 0 Å². The molecule has 0 aliphatic rings. The first-order valence-electron chi connectivity index (χ1n) is 10.0. The molecule has 1 atom stereocenters. The van der Waals surface area contributed by atoms with Crippen molar-refractivity contribution in [3.05, 3.63) is 48.0 Å². The summed E-state index contributed by atoms with van der Waals surface area (Å²) in [5, 5.41) is 3.91. The average Bonchev–Trinajstić information content (AvgIpc) is 2.77. The van der Waals surface area contributed by atoms with Crippen LogP contribution in [0.4, 0.5) is 0 Å². The number of methoxy groups -OCH3 is 3. The molecule has 2 aromatic carbocycles. The molecule has 0 saturated carbocycles. The second kappa shape index (κ2) is 9.48. The standard InChI is InChI=1S/C24H28N2O4/c1-6-9-15(2)25-24(27)18-14-20(26-19-11-8-7-10-17(18)19)16-12-21(28-3)23(30-5)22(13-16)29-4/h7-8,10-15H,6,9H2,1-5H3,(H,25,27). The number of rotatable bonds is 8. The summed E-state index contributed by atoms with van der Waals surface area (Å²) in [7, 11) is 4.71. The van der Waals surface area contributed by atoms with Crippen LogP contribution in [-0.2, 0) is 0 Å². The fourth-order valence-electron chi connectivity index (χ4n) is 3.55. The van der Waals surface area contributed by atoms with Gasteiger partial charge in [-0.25, -0.2) is 4.98 Å². The summed E-state index contributed by atoms with van der Waals surface area (Å²) in [4.78, 5) is 17.8. The number of benzene rings is 2. The fourth-order valence-corrected chi connectivity index (χ4v) is 3.55. The minimum atomic E-state index is -0.108. The third-order valence-corrected chi connectivity index (χ3v) is 5.02. The Morgan fingerprint density at radius 3 is 2.30 bits per heavy atom. The highest BCUT2D eigenvalue weighted by molar-refractivity contribution is 6.07. The van der Waals surface area contributed by atoms with E-state index in [0.29, 0.717) is 28.5 Å². The predicted molar refractivity (Wildman–Crippen MR) is 119 cm³/mol. The van der Waals surface area contributed by atoms with Gasteiger partial charge < -0.3 is 19.5 Å². The molecule has 3 aromatic rings. The van der Waals surface area contributed by atoms with E-state index < -0.39 is 0 Å². The van der Waals surface area contributed by atoms with Crippen molar-refractivity contribution in [1.82, 2.24) is 10.3 Å². The zero-order chi connectivity index (χ0) is 21.7. The molecule has 1 amide bonds. The highest BCUT2D eigenvalue weighted by atomic mass is 16.5. The minimum Gasteiger partial charge on any atom is -0.493 e. The van der Waals surface area contributed by atoms with Gasteiger partial charge in [-0.3, -0.25) is 4.79 Å². The van der Waals surface area contributed by atoms with Crippen molar-refractivity contribution in [2.75, 3.05) is 21.3 Å². The van der Waals surface area contributed by atoms with Crippen molar-refractivity contribution < 1.29 is 19.0 Å². The Bertz CT molecular complexity index is 1020. The summed E-state index contributed by atoms with van der Waals surface area (Å²) in [5.74, 6) is 1.47. The van der Waals surface area contributed by atoms with Gasteiger partial charge in [0.05, 0.1) is 38.1 Å². The SMILES string of the molecule is CCCC(C)NC(=O)c1cc(-c2cc(OC)c(OC)c(OC)c2)nc2ccccc12. The van der Waals surface area contributed by atoms with Crippen molar-refractivity contribution in [3.63, 3.8) is 0 Å². The number of carbonyl (C=O) groups excluding carboxylic acids is 1. The van der Waals surface area contributed by atoms with E-state index in [2.05, 4.69) is 12.2 Å². The van der Waals surface area contributed by atoms with Crippen LogP contribution in [0.1, 0.15) is 37.0 Å². The van der Waals surface area contributed by atoms with Crippen LogP contribution in [0.2, 0.25) is 0 Å². The maximum absolute atomic E-state index is 13.1. The monoisotopic (exact) mass is 408 g/mol. The number of aromatic nitrogens is 1. The molecule has 1 unspecified atom stereocenters. The van der Waals surface area contributed by atoms with Gasteiger partial charge in [0.2, 0.25) is 5.75 Å². The third kappa shape index (κ3) is 4.32. The van der Waals surface area contributed by atoms with Crippen molar-refractivity contribution in [2.24, 2.45) is 0 Å². The van der Waals surface area contributed by atoms with Crippen molar-refractivity contribution in [2.45, 2.75) is 32.7 Å². The molecule has 1 N–H and O–H groups in total. The Morgan fingerprint density at radius 2 is 1.70 bits per heavy atom. The topological polar surface area (TPSA) is 69.7 Å². The number of hydrogen-bond acceptors (Lipinski definition) is 5. The Hall–Kier alpha value is -3.28. The minimum absolute atomic E-state index is 0.0963. The van der Waals surface area contributed by atoms with E-state index in [1.807, 2.05) is 49.4 Å². The summed E-state index contributed by atoms with van der Waals surface area (Å²) in [5.41, 5.74) is 2.76. The molecular weight excluding hydrogens is 380 g/mol. The van der Waals surface area contributed by atoms with Crippen LogP contribution in [0.3, 0.4) is 0 Å². The molecule has 0 spiro atoms. The molecular formula is C24H28N2O4. The maximum Gasteiger partial charge on any atom is 0.252 e. The van der Waals surface area contributed by atoms with Gasteiger partial charge >= 0.3 is 0 Å². The first-order chi connectivity index (χ1) is 14.5. The van der Waals surface area contributed by atoms with Gasteiger partial charge in [0.1, 0.15) is 0 Å². The van der Waals surface area contributed by atoms with E-state index in [4.69, 9.17) is 19.2 Å². The molecule has 3 rings (SSSR count). The number of nitrogens with one attached hydrogen (secondary N) is 1. The fraction of sp³-hybridized carbons (Fsp3) is 0.333. The lowest BCUT2D eigenvalue weighted by molar-refractivity contribution is 0.0940. The number of para-hydroxylation sites is 1. The van der Waals surface area contributed by atoms with Gasteiger partial charge in [-0.15, -0.1) is 0 Å². The van der Waals surface area contributed by atoms with Crippen LogP contribution < -0.4 is 19.5 Å². The smallest absolute Gasteiger partial charge is 0.252 e. The quantitative estimate of drug-likeness (QED) is 0.577. The molecule has 0 saturated heterocycles. The number of carbonyl (C=O) groups is 1. The number of amides is 1. The molecule has 1 heterocycles. The van der Waals surface area contributed by atoms with Gasteiger partial charge in [0.15, 0.2) is 11.5 Å². The Labute approximate surface area is 177 Å². The number of fused-ring (bicyclic) bond motifs is 1. The molecule has 158 valence electrons. The maximum atomic E-state index is 13.1. The average molecular weight is 408 g/mol. The molecule has 30 heavy (non-hydrogen) atoms.